The first-order valence-corrected chi connectivity index (χ1v) is 6.25. The van der Waals surface area contributed by atoms with Crippen molar-refractivity contribution in [3.05, 3.63) is 11.9 Å². The number of aryl methyl sites for hydroxylation is 1. The number of aromatic nitrogens is 2. The fraction of sp³-hybridized carbons (Fsp3) is 0.583. The molecule has 6 nitrogen and oxygen atoms in total. The second-order valence-electron chi connectivity index (χ2n) is 4.35. The maximum Gasteiger partial charge on any atom is 0.242 e. The van der Waals surface area contributed by atoms with Crippen LogP contribution in [0.4, 0.5) is 11.6 Å². The van der Waals surface area contributed by atoms with Gasteiger partial charge in [0.15, 0.2) is 0 Å². The average molecular weight is 249 g/mol. The molecule has 1 saturated heterocycles. The van der Waals surface area contributed by atoms with Crippen molar-refractivity contribution in [3.8, 4) is 0 Å². The van der Waals surface area contributed by atoms with Gasteiger partial charge in [-0.1, -0.05) is 0 Å². The van der Waals surface area contributed by atoms with Crippen LogP contribution in [0.2, 0.25) is 0 Å². The normalized spacial score (nSPS) is 19.6. The van der Waals surface area contributed by atoms with E-state index in [1.807, 2.05) is 31.7 Å². The maximum absolute atomic E-state index is 11.7. The molecule has 0 aliphatic carbocycles. The van der Waals surface area contributed by atoms with Crippen LogP contribution in [0.25, 0.3) is 0 Å². The first-order chi connectivity index (χ1) is 8.61. The predicted octanol–water partition coefficient (Wildman–Crippen LogP) is 0.542. The summed E-state index contributed by atoms with van der Waals surface area (Å²) in [7, 11) is 0. The summed E-state index contributed by atoms with van der Waals surface area (Å²) < 4.78 is 0. The third kappa shape index (κ3) is 2.52. The van der Waals surface area contributed by atoms with Gasteiger partial charge >= 0.3 is 0 Å². The van der Waals surface area contributed by atoms with E-state index < -0.39 is 0 Å². The zero-order chi connectivity index (χ0) is 13.1. The average Bonchev–Trinajstić information content (AvgIpc) is 2.32. The summed E-state index contributed by atoms with van der Waals surface area (Å²) in [6.45, 7) is 8.01. The van der Waals surface area contributed by atoms with E-state index in [0.29, 0.717) is 12.4 Å². The van der Waals surface area contributed by atoms with Crippen LogP contribution in [-0.2, 0) is 4.79 Å². The number of hydrogen-bond donors (Lipinski definition) is 2. The molecule has 18 heavy (non-hydrogen) atoms. The van der Waals surface area contributed by atoms with Gasteiger partial charge in [-0.15, -0.1) is 0 Å². The number of carbonyl (C=O) groups is 1. The van der Waals surface area contributed by atoms with Crippen molar-refractivity contribution in [1.82, 2.24) is 15.3 Å². The standard InChI is InChI=1S/C12H19N5O/c1-4-13-10-7-11(16-9(3)15-10)17-6-5-14-12(18)8(17)2/h7-8H,4-6H2,1-3H3,(H,14,18)(H,13,15,16). The molecule has 0 spiro atoms. The Morgan fingerprint density at radius 2 is 2.33 bits per heavy atom. The van der Waals surface area contributed by atoms with Crippen LogP contribution in [0.3, 0.4) is 0 Å². The van der Waals surface area contributed by atoms with E-state index in [2.05, 4.69) is 20.6 Å². The fourth-order valence-corrected chi connectivity index (χ4v) is 2.07. The largest absolute Gasteiger partial charge is 0.370 e. The molecule has 2 heterocycles. The molecule has 0 radical (unpaired) electrons. The molecular formula is C12H19N5O. The number of piperazine rings is 1. The summed E-state index contributed by atoms with van der Waals surface area (Å²) in [5.41, 5.74) is 0. The number of carbonyl (C=O) groups excluding carboxylic acids is 1. The predicted molar refractivity (Wildman–Crippen MR) is 70.8 cm³/mol. The minimum atomic E-state index is -0.192. The van der Waals surface area contributed by atoms with Crippen molar-refractivity contribution >= 4 is 17.5 Å². The highest BCUT2D eigenvalue weighted by molar-refractivity contribution is 5.85. The molecule has 0 bridgehead atoms. The smallest absolute Gasteiger partial charge is 0.242 e. The van der Waals surface area contributed by atoms with Gasteiger partial charge in [0.1, 0.15) is 23.5 Å². The van der Waals surface area contributed by atoms with Crippen molar-refractivity contribution in [1.29, 1.82) is 0 Å². The molecule has 6 heteroatoms. The Kier molecular flexibility index (Phi) is 3.64. The number of rotatable bonds is 3. The Bertz CT molecular complexity index is 448. The third-order valence-electron chi connectivity index (χ3n) is 2.98. The van der Waals surface area contributed by atoms with E-state index in [0.717, 1.165) is 24.7 Å². The van der Waals surface area contributed by atoms with Gasteiger partial charge in [0.25, 0.3) is 0 Å². The molecule has 1 aromatic heterocycles. The second kappa shape index (κ2) is 5.20. The van der Waals surface area contributed by atoms with Gasteiger partial charge in [-0.2, -0.15) is 0 Å². The summed E-state index contributed by atoms with van der Waals surface area (Å²) in [4.78, 5) is 22.4. The summed E-state index contributed by atoms with van der Waals surface area (Å²) in [5, 5.41) is 6.02. The van der Waals surface area contributed by atoms with Gasteiger partial charge in [-0.3, -0.25) is 4.79 Å². The van der Waals surface area contributed by atoms with Gasteiger partial charge in [-0.25, -0.2) is 9.97 Å². The van der Waals surface area contributed by atoms with E-state index in [1.54, 1.807) is 0 Å². The molecule has 1 amide bonds. The van der Waals surface area contributed by atoms with Gasteiger partial charge < -0.3 is 15.5 Å². The van der Waals surface area contributed by atoms with Crippen molar-refractivity contribution in [2.45, 2.75) is 26.8 Å². The van der Waals surface area contributed by atoms with Crippen LogP contribution in [0.15, 0.2) is 6.07 Å². The molecule has 2 rings (SSSR count). The second-order valence-corrected chi connectivity index (χ2v) is 4.35. The van der Waals surface area contributed by atoms with Gasteiger partial charge in [0.05, 0.1) is 0 Å². The SMILES string of the molecule is CCNc1cc(N2CCNC(=O)C2C)nc(C)n1. The molecular weight excluding hydrogens is 230 g/mol. The molecule has 0 saturated carbocycles. The van der Waals surface area contributed by atoms with Crippen LogP contribution in [0.1, 0.15) is 19.7 Å². The Hall–Kier alpha value is -1.85. The highest BCUT2D eigenvalue weighted by Crippen LogP contribution is 2.19. The van der Waals surface area contributed by atoms with Crippen LogP contribution in [-0.4, -0.2) is 41.6 Å². The van der Waals surface area contributed by atoms with Gasteiger partial charge in [-0.05, 0) is 20.8 Å². The molecule has 1 fully saturated rings. The number of nitrogens with one attached hydrogen (secondary N) is 2. The monoisotopic (exact) mass is 249 g/mol. The van der Waals surface area contributed by atoms with Gasteiger partial charge in [0, 0.05) is 25.7 Å². The number of hydrogen-bond acceptors (Lipinski definition) is 5. The molecule has 0 aromatic carbocycles. The summed E-state index contributed by atoms with van der Waals surface area (Å²) in [6.07, 6.45) is 0. The fourth-order valence-electron chi connectivity index (χ4n) is 2.07. The number of anilines is 2. The summed E-state index contributed by atoms with van der Waals surface area (Å²) in [5.74, 6) is 2.36. The lowest BCUT2D eigenvalue weighted by molar-refractivity contribution is -0.122. The topological polar surface area (TPSA) is 70.2 Å². The van der Waals surface area contributed by atoms with Crippen LogP contribution >= 0.6 is 0 Å². The molecule has 1 atom stereocenters. The molecule has 1 unspecified atom stereocenters. The lowest BCUT2D eigenvalue weighted by atomic mass is 10.2. The zero-order valence-corrected chi connectivity index (χ0v) is 11.0. The van der Waals surface area contributed by atoms with E-state index in [4.69, 9.17) is 0 Å². The van der Waals surface area contributed by atoms with Crippen LogP contribution < -0.4 is 15.5 Å². The number of nitrogens with zero attached hydrogens (tertiary/aromatic N) is 3. The lowest BCUT2D eigenvalue weighted by Gasteiger charge is -2.33. The first kappa shape index (κ1) is 12.6. The summed E-state index contributed by atoms with van der Waals surface area (Å²) in [6, 6.07) is 1.70. The maximum atomic E-state index is 11.7. The minimum absolute atomic E-state index is 0.0440. The quantitative estimate of drug-likeness (QED) is 0.818. The highest BCUT2D eigenvalue weighted by Gasteiger charge is 2.26. The molecule has 1 aliphatic rings. The minimum Gasteiger partial charge on any atom is -0.370 e. The molecule has 98 valence electrons. The Balaban J connectivity index is 2.28. The van der Waals surface area contributed by atoms with E-state index >= 15 is 0 Å². The first-order valence-electron chi connectivity index (χ1n) is 6.25. The zero-order valence-electron chi connectivity index (χ0n) is 11.0. The van der Waals surface area contributed by atoms with Crippen LogP contribution in [0, 0.1) is 6.92 Å². The molecule has 1 aliphatic heterocycles. The van der Waals surface area contributed by atoms with Crippen molar-refractivity contribution < 1.29 is 4.79 Å². The molecule has 2 N–H and O–H groups in total. The van der Waals surface area contributed by atoms with E-state index in [9.17, 15) is 4.79 Å². The Morgan fingerprint density at radius 3 is 3.06 bits per heavy atom. The lowest BCUT2D eigenvalue weighted by Crippen LogP contribution is -2.54. The highest BCUT2D eigenvalue weighted by atomic mass is 16.2. The Labute approximate surface area is 107 Å². The third-order valence-corrected chi connectivity index (χ3v) is 2.98. The molecule has 1 aromatic rings. The van der Waals surface area contributed by atoms with Crippen molar-refractivity contribution in [2.24, 2.45) is 0 Å². The number of amides is 1. The van der Waals surface area contributed by atoms with Crippen LogP contribution in [0.5, 0.6) is 0 Å². The summed E-state index contributed by atoms with van der Waals surface area (Å²) >= 11 is 0. The van der Waals surface area contributed by atoms with Crippen molar-refractivity contribution in [2.75, 3.05) is 29.9 Å². The van der Waals surface area contributed by atoms with E-state index in [1.165, 1.54) is 0 Å². The van der Waals surface area contributed by atoms with E-state index in [-0.39, 0.29) is 11.9 Å². The Morgan fingerprint density at radius 1 is 1.56 bits per heavy atom. The van der Waals surface area contributed by atoms with Crippen molar-refractivity contribution in [3.63, 3.8) is 0 Å². The van der Waals surface area contributed by atoms with Gasteiger partial charge in [0.2, 0.25) is 5.91 Å².